The third-order valence-electron chi connectivity index (χ3n) is 4.76. The summed E-state index contributed by atoms with van der Waals surface area (Å²) in [6, 6.07) is 0.0834. The van der Waals surface area contributed by atoms with Crippen LogP contribution in [0, 0.1) is 0 Å². The molecule has 18 heteroatoms. The second-order valence-electron chi connectivity index (χ2n) is 7.76. The Balaban J connectivity index is 0.000000426. The highest BCUT2D eigenvalue weighted by Crippen LogP contribution is 2.30. The molecule has 214 valence electrons. The lowest BCUT2D eigenvalue weighted by Crippen LogP contribution is -2.39. The van der Waals surface area contributed by atoms with E-state index in [0.717, 1.165) is 30.2 Å². The molecule has 1 aliphatic heterocycles. The number of hydrogen-bond acceptors (Lipinski definition) is 8. The number of carboxylic acid groups (broad SMARTS) is 2. The van der Waals surface area contributed by atoms with Gasteiger partial charge >= 0.3 is 24.3 Å². The zero-order valence-corrected chi connectivity index (χ0v) is 21.1. The van der Waals surface area contributed by atoms with Gasteiger partial charge in [0.15, 0.2) is 0 Å². The fourth-order valence-corrected chi connectivity index (χ4v) is 3.59. The molecule has 0 saturated carbocycles. The molecule has 0 fully saturated rings. The summed E-state index contributed by atoms with van der Waals surface area (Å²) in [6.07, 6.45) is -5.55. The summed E-state index contributed by atoms with van der Waals surface area (Å²) in [6.45, 7) is 2.27. The van der Waals surface area contributed by atoms with Gasteiger partial charge in [-0.05, 0) is 0 Å². The van der Waals surface area contributed by atoms with Crippen molar-refractivity contribution in [3.05, 3.63) is 34.3 Å². The summed E-state index contributed by atoms with van der Waals surface area (Å²) in [5, 5.41) is 17.3. The zero-order valence-electron chi connectivity index (χ0n) is 20.3. The number of carbonyl (C=O) groups excluding carboxylic acids is 1. The Morgan fingerprint density at radius 2 is 1.66 bits per heavy atom. The number of hydrogen-bond donors (Lipinski definition) is 2. The van der Waals surface area contributed by atoms with Gasteiger partial charge < -0.3 is 24.4 Å². The average molecular weight is 578 g/mol. The van der Waals surface area contributed by atoms with Crippen LogP contribution >= 0.6 is 11.3 Å². The molecule has 0 aliphatic carbocycles. The number of halogens is 6. The molecule has 0 bridgehead atoms. The van der Waals surface area contributed by atoms with E-state index in [0.29, 0.717) is 6.61 Å². The van der Waals surface area contributed by atoms with E-state index in [1.165, 1.54) is 5.69 Å². The normalized spacial score (nSPS) is 15.3. The van der Waals surface area contributed by atoms with Crippen LogP contribution in [0.25, 0.3) is 0 Å². The lowest BCUT2D eigenvalue weighted by Gasteiger charge is -2.35. The minimum Gasteiger partial charge on any atom is -0.475 e. The first-order valence-corrected chi connectivity index (χ1v) is 11.3. The molecule has 1 aliphatic rings. The number of aliphatic carboxylic acids is 2. The van der Waals surface area contributed by atoms with Gasteiger partial charge in [0, 0.05) is 45.7 Å². The molecule has 2 aromatic heterocycles. The molecule has 0 saturated heterocycles. The first-order valence-electron chi connectivity index (χ1n) is 10.5. The molecule has 3 heterocycles. The molecule has 1 atom stereocenters. The van der Waals surface area contributed by atoms with Crippen LogP contribution in [0.1, 0.15) is 22.4 Å². The highest BCUT2D eigenvalue weighted by Gasteiger charge is 2.39. The van der Waals surface area contributed by atoms with E-state index in [4.69, 9.17) is 24.5 Å². The fourth-order valence-electron chi connectivity index (χ4n) is 2.95. The number of alkyl halides is 6. The number of rotatable bonds is 6. The number of fused-ring (bicyclic) bond motifs is 1. The van der Waals surface area contributed by atoms with Crippen LogP contribution in [-0.4, -0.2) is 98.6 Å². The van der Waals surface area contributed by atoms with Crippen molar-refractivity contribution in [2.75, 3.05) is 33.9 Å². The van der Waals surface area contributed by atoms with Gasteiger partial charge in [0.05, 0.1) is 36.9 Å². The van der Waals surface area contributed by atoms with Crippen LogP contribution in [-0.2, 0) is 39.1 Å². The van der Waals surface area contributed by atoms with Crippen molar-refractivity contribution in [2.45, 2.75) is 31.4 Å². The van der Waals surface area contributed by atoms with Gasteiger partial charge in [0.1, 0.15) is 11.6 Å². The predicted molar refractivity (Wildman–Crippen MR) is 119 cm³/mol. The molecule has 1 amide bonds. The van der Waals surface area contributed by atoms with Crippen LogP contribution in [0.2, 0.25) is 0 Å². The van der Waals surface area contributed by atoms with Gasteiger partial charge in [-0.3, -0.25) is 9.69 Å². The molecule has 0 radical (unpaired) electrons. The van der Waals surface area contributed by atoms with E-state index in [1.807, 2.05) is 25.0 Å². The Hall–Kier alpha value is -3.25. The van der Waals surface area contributed by atoms with Crippen LogP contribution in [0.15, 0.2) is 17.9 Å². The van der Waals surface area contributed by atoms with Crippen LogP contribution in [0.3, 0.4) is 0 Å². The fraction of sp³-hybridized carbons (Fsp3) is 0.550. The Morgan fingerprint density at radius 1 is 1.11 bits per heavy atom. The summed E-state index contributed by atoms with van der Waals surface area (Å²) in [5.74, 6) is -5.54. The van der Waals surface area contributed by atoms with E-state index in [2.05, 4.69) is 19.4 Å². The first kappa shape index (κ1) is 32.8. The molecule has 0 aromatic carbocycles. The Labute approximate surface area is 216 Å². The monoisotopic (exact) mass is 577 g/mol. The van der Waals surface area contributed by atoms with E-state index in [9.17, 15) is 31.1 Å². The van der Waals surface area contributed by atoms with E-state index >= 15 is 0 Å². The predicted octanol–water partition coefficient (Wildman–Crippen LogP) is 2.35. The smallest absolute Gasteiger partial charge is 0.475 e. The van der Waals surface area contributed by atoms with E-state index in [-0.39, 0.29) is 18.6 Å². The summed E-state index contributed by atoms with van der Waals surface area (Å²) in [4.78, 5) is 42.3. The van der Waals surface area contributed by atoms with Crippen molar-refractivity contribution >= 4 is 29.2 Å². The van der Waals surface area contributed by atoms with Gasteiger partial charge in [-0.25, -0.2) is 19.6 Å². The molecule has 1 unspecified atom stereocenters. The minimum absolute atomic E-state index is 0.0255. The summed E-state index contributed by atoms with van der Waals surface area (Å²) < 4.78 is 71.3. The molecule has 11 nitrogen and oxygen atoms in total. The highest BCUT2D eigenvalue weighted by atomic mass is 32.1. The van der Waals surface area contributed by atoms with Crippen molar-refractivity contribution in [1.29, 1.82) is 0 Å². The largest absolute Gasteiger partial charge is 0.490 e. The van der Waals surface area contributed by atoms with Crippen LogP contribution in [0.5, 0.6) is 0 Å². The number of ether oxygens (including phenoxy) is 1. The van der Waals surface area contributed by atoms with Crippen molar-refractivity contribution in [1.82, 2.24) is 24.3 Å². The Kier molecular flexibility index (Phi) is 12.1. The summed E-state index contributed by atoms with van der Waals surface area (Å²) in [7, 11) is 5.48. The molecule has 2 N–H and O–H groups in total. The van der Waals surface area contributed by atoms with Crippen LogP contribution in [0.4, 0.5) is 26.3 Å². The van der Waals surface area contributed by atoms with Gasteiger partial charge in [0.25, 0.3) is 0 Å². The maximum absolute atomic E-state index is 11.7. The number of likely N-dealkylation sites (N-methyl/N-ethyl adjacent to an activating group) is 1. The second kappa shape index (κ2) is 14.1. The van der Waals surface area contributed by atoms with Crippen molar-refractivity contribution < 1.29 is 55.7 Å². The van der Waals surface area contributed by atoms with E-state index in [1.54, 1.807) is 30.3 Å². The highest BCUT2D eigenvalue weighted by molar-refractivity contribution is 7.09. The lowest BCUT2D eigenvalue weighted by molar-refractivity contribution is -0.193. The van der Waals surface area contributed by atoms with Gasteiger partial charge in [-0.2, -0.15) is 26.3 Å². The number of nitrogens with zero attached hydrogens (tertiary/aromatic N) is 5. The topological polar surface area (TPSA) is 138 Å². The number of imidazole rings is 1. The number of carboxylic acids is 2. The minimum atomic E-state index is -5.08. The number of aromatic nitrogens is 3. The van der Waals surface area contributed by atoms with E-state index < -0.39 is 24.3 Å². The quantitative estimate of drug-likeness (QED) is 0.496. The molecular weight excluding hydrogens is 552 g/mol. The van der Waals surface area contributed by atoms with Gasteiger partial charge in [0.2, 0.25) is 5.91 Å². The molecule has 2 aromatic rings. The Morgan fingerprint density at radius 3 is 2.11 bits per heavy atom. The lowest BCUT2D eigenvalue weighted by atomic mass is 10.0. The molecule has 38 heavy (non-hydrogen) atoms. The number of amides is 1. The SMILES string of the molecule is CN(C)C(=O)COCC1c2c(ncn2C)CCN1Cc1nccs1.O=C(O)C(F)(F)F.O=C(O)C(F)(F)F. The number of aryl methyl sites for hydroxylation is 1. The van der Waals surface area contributed by atoms with Crippen molar-refractivity contribution in [2.24, 2.45) is 7.05 Å². The van der Waals surface area contributed by atoms with Gasteiger partial charge in [-0.15, -0.1) is 11.3 Å². The maximum atomic E-state index is 11.7. The zero-order chi connectivity index (χ0) is 29.3. The Bertz CT molecular complexity index is 1030. The molecular formula is C20H25F6N5O6S. The summed E-state index contributed by atoms with van der Waals surface area (Å²) >= 11 is 1.66. The van der Waals surface area contributed by atoms with Crippen LogP contribution < -0.4 is 0 Å². The first-order chi connectivity index (χ1) is 17.4. The maximum Gasteiger partial charge on any atom is 0.490 e. The molecule has 0 spiro atoms. The number of thiazole rings is 1. The molecule has 3 rings (SSSR count). The van der Waals surface area contributed by atoms with Gasteiger partial charge in [-0.1, -0.05) is 0 Å². The van der Waals surface area contributed by atoms with Crippen molar-refractivity contribution in [3.8, 4) is 0 Å². The standard InChI is InChI=1S/C16H23N5O2S.2C2HF3O2/c1-19(2)15(22)10-23-9-13-16-12(18-11-20(16)3)4-6-21(13)8-14-17-5-7-24-14;2*3-2(4,5)1(6)7/h5,7,11,13H,4,6,8-10H2,1-3H3;2*(H,6,7). The second-order valence-corrected chi connectivity index (χ2v) is 8.74. The third kappa shape index (κ3) is 10.6. The van der Waals surface area contributed by atoms with Crippen molar-refractivity contribution in [3.63, 3.8) is 0 Å². The summed E-state index contributed by atoms with van der Waals surface area (Å²) in [5.41, 5.74) is 2.30. The third-order valence-corrected chi connectivity index (χ3v) is 5.53. The number of carbonyl (C=O) groups is 3. The average Bonchev–Trinajstić information content (AvgIpc) is 3.44.